The number of amides is 1. The van der Waals surface area contributed by atoms with Crippen molar-refractivity contribution in [3.8, 4) is 0 Å². The minimum atomic E-state index is -0.770. The number of piperidine rings is 1. The van der Waals surface area contributed by atoms with Gasteiger partial charge in [0.25, 0.3) is 0 Å². The molecule has 0 aromatic rings. The van der Waals surface area contributed by atoms with Gasteiger partial charge in [-0.1, -0.05) is 13.8 Å². The van der Waals surface area contributed by atoms with Crippen LogP contribution in [0.25, 0.3) is 0 Å². The van der Waals surface area contributed by atoms with Crippen molar-refractivity contribution in [1.82, 2.24) is 4.90 Å². The quantitative estimate of drug-likeness (QED) is 0.773. The zero-order valence-corrected chi connectivity index (χ0v) is 11.9. The Hall–Kier alpha value is -0.610. The highest BCUT2D eigenvalue weighted by Crippen LogP contribution is 2.36. The van der Waals surface area contributed by atoms with E-state index in [9.17, 15) is 4.79 Å². The minimum absolute atomic E-state index is 0.337. The number of hydrogen-bond acceptors (Lipinski definition) is 3. The largest absolute Gasteiger partial charge is 0.368 e. The lowest BCUT2D eigenvalue weighted by Gasteiger charge is -2.44. The molecule has 4 N–H and O–H groups in total. The van der Waals surface area contributed by atoms with Gasteiger partial charge in [-0.2, -0.15) is 0 Å². The first kappa shape index (κ1) is 13.8. The number of rotatable bonds is 2. The van der Waals surface area contributed by atoms with E-state index in [1.807, 2.05) is 0 Å². The number of nitrogens with zero attached hydrogens (tertiary/aromatic N) is 1. The molecule has 1 aliphatic carbocycles. The van der Waals surface area contributed by atoms with E-state index in [1.165, 1.54) is 6.42 Å². The molecule has 4 nitrogen and oxygen atoms in total. The fourth-order valence-electron chi connectivity index (χ4n) is 3.80. The number of primary amides is 1. The van der Waals surface area contributed by atoms with Crippen LogP contribution in [0.3, 0.4) is 0 Å². The molecular weight excluding hydrogens is 226 g/mol. The molecule has 2 aliphatic rings. The Labute approximate surface area is 110 Å². The van der Waals surface area contributed by atoms with Crippen LogP contribution in [-0.2, 0) is 4.79 Å². The van der Waals surface area contributed by atoms with Gasteiger partial charge in [-0.3, -0.25) is 9.69 Å². The van der Waals surface area contributed by atoms with E-state index in [0.717, 1.165) is 37.6 Å². The lowest BCUT2D eigenvalue weighted by atomic mass is 9.84. The molecule has 0 aromatic carbocycles. The highest BCUT2D eigenvalue weighted by molar-refractivity contribution is 5.84. The molecule has 0 radical (unpaired) electrons. The average molecular weight is 253 g/mol. The number of carbonyl (C=O) groups is 1. The first-order valence-electron chi connectivity index (χ1n) is 7.18. The van der Waals surface area contributed by atoms with E-state index in [1.54, 1.807) is 0 Å². The number of carbonyl (C=O) groups excluding carboxylic acids is 1. The van der Waals surface area contributed by atoms with Gasteiger partial charge in [0.2, 0.25) is 5.91 Å². The number of hydrogen-bond donors (Lipinski definition) is 2. The Kier molecular flexibility index (Phi) is 3.70. The summed E-state index contributed by atoms with van der Waals surface area (Å²) in [5, 5.41) is 0. The highest BCUT2D eigenvalue weighted by atomic mass is 16.1. The van der Waals surface area contributed by atoms with Gasteiger partial charge in [0, 0.05) is 18.6 Å². The summed E-state index contributed by atoms with van der Waals surface area (Å²) in [6.45, 7) is 8.07. The predicted octanol–water partition coefficient (Wildman–Crippen LogP) is 1.09. The van der Waals surface area contributed by atoms with Gasteiger partial charge in [-0.15, -0.1) is 0 Å². The van der Waals surface area contributed by atoms with Gasteiger partial charge in [-0.05, 0) is 44.4 Å². The maximum absolute atomic E-state index is 11.4. The Morgan fingerprint density at radius 3 is 2.56 bits per heavy atom. The summed E-state index contributed by atoms with van der Waals surface area (Å²) < 4.78 is 0. The second-order valence-electron chi connectivity index (χ2n) is 6.67. The van der Waals surface area contributed by atoms with E-state index in [0.29, 0.717) is 12.1 Å². The number of nitrogens with two attached hydrogens (primary N) is 2. The van der Waals surface area contributed by atoms with Crippen molar-refractivity contribution >= 4 is 5.91 Å². The normalized spacial score (nSPS) is 46.2. The molecule has 5 unspecified atom stereocenters. The van der Waals surface area contributed by atoms with Crippen molar-refractivity contribution < 1.29 is 4.79 Å². The van der Waals surface area contributed by atoms with Crippen LogP contribution in [0.5, 0.6) is 0 Å². The summed E-state index contributed by atoms with van der Waals surface area (Å²) in [5.74, 6) is 1.11. The monoisotopic (exact) mass is 253 g/mol. The highest BCUT2D eigenvalue weighted by Gasteiger charge is 2.45. The Morgan fingerprint density at radius 2 is 2.00 bits per heavy atom. The molecule has 104 valence electrons. The molecule has 1 aliphatic heterocycles. The van der Waals surface area contributed by atoms with E-state index in [-0.39, 0.29) is 5.91 Å². The minimum Gasteiger partial charge on any atom is -0.368 e. The first-order valence-corrected chi connectivity index (χ1v) is 7.18. The molecule has 0 spiro atoms. The lowest BCUT2D eigenvalue weighted by molar-refractivity contribution is -0.123. The maximum atomic E-state index is 11.4. The van der Waals surface area contributed by atoms with Gasteiger partial charge in [0.05, 0.1) is 5.54 Å². The van der Waals surface area contributed by atoms with Crippen LogP contribution >= 0.6 is 0 Å². The Bertz CT molecular complexity index is 333. The molecule has 1 saturated carbocycles. The van der Waals surface area contributed by atoms with Crippen LogP contribution in [-0.4, -0.2) is 35.0 Å². The van der Waals surface area contributed by atoms with Crippen LogP contribution < -0.4 is 11.5 Å². The van der Waals surface area contributed by atoms with Crippen LogP contribution in [0.4, 0.5) is 0 Å². The molecule has 0 aromatic heterocycles. The van der Waals surface area contributed by atoms with Gasteiger partial charge in [0.15, 0.2) is 0 Å². The second-order valence-corrected chi connectivity index (χ2v) is 6.67. The third-order valence-electron chi connectivity index (χ3n) is 5.13. The molecule has 5 atom stereocenters. The Morgan fingerprint density at radius 1 is 1.33 bits per heavy atom. The maximum Gasteiger partial charge on any atom is 0.237 e. The van der Waals surface area contributed by atoms with Crippen molar-refractivity contribution in [2.45, 2.75) is 64.1 Å². The molecule has 1 amide bonds. The molecule has 2 fully saturated rings. The van der Waals surface area contributed by atoms with Gasteiger partial charge < -0.3 is 11.5 Å². The van der Waals surface area contributed by atoms with Gasteiger partial charge >= 0.3 is 0 Å². The molecule has 4 heteroatoms. The van der Waals surface area contributed by atoms with Crippen molar-refractivity contribution in [2.75, 3.05) is 6.54 Å². The van der Waals surface area contributed by atoms with Crippen molar-refractivity contribution in [3.63, 3.8) is 0 Å². The first-order chi connectivity index (χ1) is 8.33. The summed E-state index contributed by atoms with van der Waals surface area (Å²) in [6, 6.07) is 1.02. The van der Waals surface area contributed by atoms with Crippen molar-refractivity contribution in [2.24, 2.45) is 23.3 Å². The van der Waals surface area contributed by atoms with Crippen LogP contribution in [0.15, 0.2) is 0 Å². The summed E-state index contributed by atoms with van der Waals surface area (Å²) in [6.07, 6.45) is 3.77. The van der Waals surface area contributed by atoms with E-state index in [4.69, 9.17) is 11.5 Å². The molecule has 0 bridgehead atoms. The summed E-state index contributed by atoms with van der Waals surface area (Å²) in [5.41, 5.74) is 10.8. The standard InChI is InChI=1S/C14H27N3O/c1-9-6-10(2)11(3)17(8-9)12-4-5-14(16,7-12)13(15)18/h9-12H,4-8,16H2,1-3H3,(H2,15,18). The second kappa shape index (κ2) is 4.82. The van der Waals surface area contributed by atoms with E-state index >= 15 is 0 Å². The smallest absolute Gasteiger partial charge is 0.237 e. The third-order valence-corrected chi connectivity index (χ3v) is 5.13. The van der Waals surface area contributed by atoms with E-state index < -0.39 is 5.54 Å². The predicted molar refractivity (Wildman–Crippen MR) is 72.9 cm³/mol. The topological polar surface area (TPSA) is 72.3 Å². The fourth-order valence-corrected chi connectivity index (χ4v) is 3.80. The summed E-state index contributed by atoms with van der Waals surface area (Å²) in [7, 11) is 0. The summed E-state index contributed by atoms with van der Waals surface area (Å²) >= 11 is 0. The molecule has 2 rings (SSSR count). The van der Waals surface area contributed by atoms with Gasteiger partial charge in [0.1, 0.15) is 0 Å². The van der Waals surface area contributed by atoms with E-state index in [2.05, 4.69) is 25.7 Å². The van der Waals surface area contributed by atoms with Crippen LogP contribution in [0.1, 0.15) is 46.5 Å². The molecular formula is C14H27N3O. The van der Waals surface area contributed by atoms with Crippen LogP contribution in [0, 0.1) is 11.8 Å². The van der Waals surface area contributed by atoms with Gasteiger partial charge in [-0.25, -0.2) is 0 Å². The fraction of sp³-hybridized carbons (Fsp3) is 0.929. The lowest BCUT2D eigenvalue weighted by Crippen LogP contribution is -2.54. The SMILES string of the molecule is CC1CC(C)C(C)N(C2CCC(N)(C(N)=O)C2)C1. The third kappa shape index (κ3) is 2.41. The van der Waals surface area contributed by atoms with Crippen molar-refractivity contribution in [3.05, 3.63) is 0 Å². The zero-order chi connectivity index (χ0) is 13.5. The average Bonchev–Trinajstić information content (AvgIpc) is 2.67. The Balaban J connectivity index is 2.06. The molecule has 1 heterocycles. The number of likely N-dealkylation sites (tertiary alicyclic amines) is 1. The van der Waals surface area contributed by atoms with Crippen molar-refractivity contribution in [1.29, 1.82) is 0 Å². The molecule has 1 saturated heterocycles. The molecule has 18 heavy (non-hydrogen) atoms. The zero-order valence-electron chi connectivity index (χ0n) is 11.9. The van der Waals surface area contributed by atoms with Crippen LogP contribution in [0.2, 0.25) is 0 Å². The summed E-state index contributed by atoms with van der Waals surface area (Å²) in [4.78, 5) is 14.0.